The van der Waals surface area contributed by atoms with Crippen LogP contribution in [-0.2, 0) is 9.63 Å². The Morgan fingerprint density at radius 1 is 1.62 bits per heavy atom. The molecule has 1 fully saturated rings. The van der Waals surface area contributed by atoms with E-state index in [1.54, 1.807) is 0 Å². The van der Waals surface area contributed by atoms with Crippen LogP contribution in [0.5, 0.6) is 0 Å². The number of rotatable bonds is 3. The van der Waals surface area contributed by atoms with Crippen molar-refractivity contribution in [3.05, 3.63) is 0 Å². The minimum atomic E-state index is -0.0504. The second kappa shape index (κ2) is 5.19. The molecule has 1 atom stereocenters. The fourth-order valence-electron chi connectivity index (χ4n) is 1.18. The summed E-state index contributed by atoms with van der Waals surface area (Å²) in [7, 11) is 0. The summed E-state index contributed by atoms with van der Waals surface area (Å²) in [5, 5.41) is 3.21. The van der Waals surface area contributed by atoms with E-state index in [0.717, 1.165) is 25.9 Å². The van der Waals surface area contributed by atoms with Gasteiger partial charge >= 0.3 is 0 Å². The Balaban J connectivity index is 2.13. The number of nitrogens with one attached hydrogen (secondary N) is 2. The highest BCUT2D eigenvalue weighted by atomic mass is 16.7. The molecule has 0 aromatic rings. The molecule has 0 aromatic heterocycles. The molecule has 1 amide bonds. The molecule has 4 heteroatoms. The number of hydrogen-bond acceptors (Lipinski definition) is 3. The van der Waals surface area contributed by atoms with Crippen molar-refractivity contribution < 1.29 is 9.63 Å². The average molecular weight is 186 g/mol. The van der Waals surface area contributed by atoms with E-state index < -0.39 is 0 Å². The van der Waals surface area contributed by atoms with Crippen molar-refractivity contribution in [2.24, 2.45) is 5.92 Å². The lowest BCUT2D eigenvalue weighted by Crippen LogP contribution is -2.41. The zero-order valence-electron chi connectivity index (χ0n) is 8.30. The summed E-state index contributed by atoms with van der Waals surface area (Å²) in [4.78, 5) is 16.4. The molecule has 2 N–H and O–H groups in total. The van der Waals surface area contributed by atoms with E-state index in [2.05, 4.69) is 10.8 Å². The first-order valence-electron chi connectivity index (χ1n) is 4.86. The van der Waals surface area contributed by atoms with Gasteiger partial charge in [-0.15, -0.1) is 0 Å². The lowest BCUT2D eigenvalue weighted by Gasteiger charge is -2.22. The summed E-state index contributed by atoms with van der Waals surface area (Å²) in [5.74, 6) is -0.0675. The second-order valence-electron chi connectivity index (χ2n) is 3.71. The summed E-state index contributed by atoms with van der Waals surface area (Å²) in [6.07, 6.45) is 2.27. The van der Waals surface area contributed by atoms with Crippen molar-refractivity contribution in [3.63, 3.8) is 0 Å². The second-order valence-corrected chi connectivity index (χ2v) is 3.71. The van der Waals surface area contributed by atoms with E-state index in [1.165, 1.54) is 0 Å². The first-order chi connectivity index (χ1) is 6.20. The number of carbonyl (C=O) groups excluding carboxylic acids is 1. The van der Waals surface area contributed by atoms with Crippen LogP contribution in [0.3, 0.4) is 0 Å². The summed E-state index contributed by atoms with van der Waals surface area (Å²) in [6, 6.07) is 0. The van der Waals surface area contributed by atoms with Crippen LogP contribution in [0.15, 0.2) is 0 Å². The van der Waals surface area contributed by atoms with Crippen LogP contribution in [0, 0.1) is 5.92 Å². The molecule has 1 heterocycles. The predicted molar refractivity (Wildman–Crippen MR) is 50.0 cm³/mol. The third-order valence-corrected chi connectivity index (χ3v) is 2.10. The van der Waals surface area contributed by atoms with Gasteiger partial charge in [0.25, 0.3) is 0 Å². The molecule has 0 spiro atoms. The molecule has 0 aliphatic carbocycles. The van der Waals surface area contributed by atoms with Crippen molar-refractivity contribution in [3.8, 4) is 0 Å². The molecule has 76 valence electrons. The van der Waals surface area contributed by atoms with Crippen LogP contribution >= 0.6 is 0 Å². The van der Waals surface area contributed by atoms with Gasteiger partial charge in [0.1, 0.15) is 0 Å². The van der Waals surface area contributed by atoms with E-state index in [0.29, 0.717) is 0 Å². The van der Waals surface area contributed by atoms with Gasteiger partial charge in [0.05, 0.1) is 6.10 Å². The van der Waals surface area contributed by atoms with E-state index >= 15 is 0 Å². The molecule has 1 aliphatic rings. The number of amides is 1. The highest BCUT2D eigenvalue weighted by Gasteiger charge is 2.15. The first kappa shape index (κ1) is 10.5. The van der Waals surface area contributed by atoms with Crippen LogP contribution in [0.4, 0.5) is 0 Å². The highest BCUT2D eigenvalue weighted by molar-refractivity contribution is 5.76. The van der Waals surface area contributed by atoms with Gasteiger partial charge in [-0.2, -0.15) is 0 Å². The maximum absolute atomic E-state index is 11.1. The third-order valence-electron chi connectivity index (χ3n) is 2.10. The first-order valence-corrected chi connectivity index (χ1v) is 4.86. The van der Waals surface area contributed by atoms with Gasteiger partial charge in [-0.3, -0.25) is 9.63 Å². The molecule has 13 heavy (non-hydrogen) atoms. The van der Waals surface area contributed by atoms with Crippen LogP contribution in [0.2, 0.25) is 0 Å². The lowest BCUT2D eigenvalue weighted by atomic mass is 10.1. The van der Waals surface area contributed by atoms with E-state index in [4.69, 9.17) is 4.84 Å². The van der Waals surface area contributed by atoms with Crippen molar-refractivity contribution in [2.45, 2.75) is 32.8 Å². The van der Waals surface area contributed by atoms with Crippen molar-refractivity contribution >= 4 is 5.91 Å². The summed E-state index contributed by atoms with van der Waals surface area (Å²) >= 11 is 0. The molecular formula is C9H18N2O2. The van der Waals surface area contributed by atoms with E-state index in [1.807, 2.05) is 13.8 Å². The highest BCUT2D eigenvalue weighted by Crippen LogP contribution is 2.04. The zero-order valence-corrected chi connectivity index (χ0v) is 8.30. The molecule has 1 saturated heterocycles. The molecule has 0 radical (unpaired) electrons. The standard InChI is InChI=1S/C9H18N2O2/c1-7(2)9(12)11-13-8-4-3-5-10-6-8/h7-8,10H,3-6H2,1-2H3,(H,11,12). The molecule has 0 aromatic carbocycles. The smallest absolute Gasteiger partial charge is 0.246 e. The summed E-state index contributed by atoms with van der Waals surface area (Å²) < 4.78 is 0. The van der Waals surface area contributed by atoms with Gasteiger partial charge in [0, 0.05) is 12.5 Å². The normalized spacial score (nSPS) is 23.2. The number of hydrogen-bond donors (Lipinski definition) is 2. The fraction of sp³-hybridized carbons (Fsp3) is 0.889. The quantitative estimate of drug-likeness (QED) is 0.629. The number of carbonyl (C=O) groups is 1. The largest absolute Gasteiger partial charge is 0.314 e. The van der Waals surface area contributed by atoms with Gasteiger partial charge in [-0.05, 0) is 19.4 Å². The van der Waals surface area contributed by atoms with E-state index in [-0.39, 0.29) is 17.9 Å². The van der Waals surface area contributed by atoms with Crippen LogP contribution in [0.1, 0.15) is 26.7 Å². The average Bonchev–Trinajstić information content (AvgIpc) is 2.15. The third kappa shape index (κ3) is 3.74. The van der Waals surface area contributed by atoms with Gasteiger partial charge in [0.15, 0.2) is 0 Å². The molecule has 1 rings (SSSR count). The van der Waals surface area contributed by atoms with Gasteiger partial charge in [0.2, 0.25) is 5.91 Å². The minimum Gasteiger partial charge on any atom is -0.314 e. The van der Waals surface area contributed by atoms with E-state index in [9.17, 15) is 4.79 Å². The fourth-order valence-corrected chi connectivity index (χ4v) is 1.18. The SMILES string of the molecule is CC(C)C(=O)NOC1CCCNC1. The molecule has 1 unspecified atom stereocenters. The Labute approximate surface area is 79.0 Å². The Morgan fingerprint density at radius 3 is 2.92 bits per heavy atom. The minimum absolute atomic E-state index is 0.0171. The number of piperidine rings is 1. The topological polar surface area (TPSA) is 50.4 Å². The Kier molecular flexibility index (Phi) is 4.18. The van der Waals surface area contributed by atoms with Crippen LogP contribution < -0.4 is 10.8 Å². The Hall–Kier alpha value is -0.610. The van der Waals surface area contributed by atoms with Gasteiger partial charge in [-0.25, -0.2) is 5.48 Å². The molecule has 4 nitrogen and oxygen atoms in total. The van der Waals surface area contributed by atoms with Crippen LogP contribution in [0.25, 0.3) is 0 Å². The number of hydroxylamine groups is 1. The maximum atomic E-state index is 11.1. The van der Waals surface area contributed by atoms with Gasteiger partial charge in [-0.1, -0.05) is 13.8 Å². The molecular weight excluding hydrogens is 168 g/mol. The maximum Gasteiger partial charge on any atom is 0.246 e. The molecule has 0 bridgehead atoms. The lowest BCUT2D eigenvalue weighted by molar-refractivity contribution is -0.142. The molecule has 1 aliphatic heterocycles. The summed E-state index contributed by atoms with van der Waals surface area (Å²) in [6.45, 7) is 5.58. The monoisotopic (exact) mass is 186 g/mol. The Bertz CT molecular complexity index is 165. The van der Waals surface area contributed by atoms with Crippen LogP contribution in [-0.4, -0.2) is 25.1 Å². The zero-order chi connectivity index (χ0) is 9.68. The Morgan fingerprint density at radius 2 is 2.38 bits per heavy atom. The van der Waals surface area contributed by atoms with Crippen molar-refractivity contribution in [2.75, 3.05) is 13.1 Å². The van der Waals surface area contributed by atoms with Crippen molar-refractivity contribution in [1.82, 2.24) is 10.8 Å². The molecule has 0 saturated carbocycles. The van der Waals surface area contributed by atoms with Crippen molar-refractivity contribution in [1.29, 1.82) is 0 Å². The summed E-state index contributed by atoms with van der Waals surface area (Å²) in [5.41, 5.74) is 2.47. The predicted octanol–water partition coefficient (Wildman–Crippen LogP) is 0.442. The van der Waals surface area contributed by atoms with Gasteiger partial charge < -0.3 is 5.32 Å².